The van der Waals surface area contributed by atoms with E-state index in [0.29, 0.717) is 24.4 Å². The van der Waals surface area contributed by atoms with Crippen molar-refractivity contribution in [3.63, 3.8) is 0 Å². The predicted octanol–water partition coefficient (Wildman–Crippen LogP) is 3.47. The zero-order valence-corrected chi connectivity index (χ0v) is 19.7. The summed E-state index contributed by atoms with van der Waals surface area (Å²) in [6.07, 6.45) is 3.19. The number of amides is 3. The molecule has 7 nitrogen and oxygen atoms in total. The molecule has 0 aromatic heterocycles. The Morgan fingerprint density at radius 3 is 2.67 bits per heavy atom. The first kappa shape index (κ1) is 23.2. The SMILES string of the molecule is CCOc1ccccc1CNC(=O)CN1C(=O)CSc2ccc(C(=O)N3CCCCC3)cc21. The highest BCUT2D eigenvalue weighted by molar-refractivity contribution is 8.00. The molecule has 0 unspecified atom stereocenters. The van der Waals surface area contributed by atoms with Crippen LogP contribution in [0.3, 0.4) is 0 Å². The van der Waals surface area contributed by atoms with Gasteiger partial charge in [-0.2, -0.15) is 0 Å². The van der Waals surface area contributed by atoms with E-state index in [1.54, 1.807) is 6.07 Å². The van der Waals surface area contributed by atoms with Crippen LogP contribution in [0.2, 0.25) is 0 Å². The van der Waals surface area contributed by atoms with Crippen molar-refractivity contribution < 1.29 is 19.1 Å². The number of piperidine rings is 1. The fraction of sp³-hybridized carbons (Fsp3) is 0.400. The quantitative estimate of drug-likeness (QED) is 0.675. The van der Waals surface area contributed by atoms with Gasteiger partial charge in [-0.25, -0.2) is 0 Å². The molecule has 0 saturated carbocycles. The molecule has 0 spiro atoms. The summed E-state index contributed by atoms with van der Waals surface area (Å²) in [6.45, 7) is 4.20. The second kappa shape index (κ2) is 10.7. The third-order valence-corrected chi connectivity index (χ3v) is 6.89. The van der Waals surface area contributed by atoms with Crippen LogP contribution in [0.1, 0.15) is 42.1 Å². The molecule has 1 fully saturated rings. The number of hydrogen-bond donors (Lipinski definition) is 1. The van der Waals surface area contributed by atoms with Crippen molar-refractivity contribution in [3.05, 3.63) is 53.6 Å². The van der Waals surface area contributed by atoms with Crippen LogP contribution in [0, 0.1) is 0 Å². The number of hydrogen-bond acceptors (Lipinski definition) is 5. The highest BCUT2D eigenvalue weighted by atomic mass is 32.2. The second-order valence-corrected chi connectivity index (χ2v) is 9.14. The molecule has 0 bridgehead atoms. The van der Waals surface area contributed by atoms with Gasteiger partial charge < -0.3 is 19.9 Å². The monoisotopic (exact) mass is 467 g/mol. The lowest BCUT2D eigenvalue weighted by Gasteiger charge is -2.30. The summed E-state index contributed by atoms with van der Waals surface area (Å²) in [5.74, 6) is 0.585. The summed E-state index contributed by atoms with van der Waals surface area (Å²) >= 11 is 1.44. The molecule has 0 radical (unpaired) electrons. The van der Waals surface area contributed by atoms with Crippen LogP contribution >= 0.6 is 11.8 Å². The molecular weight excluding hydrogens is 438 g/mol. The van der Waals surface area contributed by atoms with Crippen LogP contribution in [0.15, 0.2) is 47.4 Å². The Morgan fingerprint density at radius 2 is 1.88 bits per heavy atom. The molecule has 0 atom stereocenters. The molecule has 174 valence electrons. The number of likely N-dealkylation sites (tertiary alicyclic amines) is 1. The smallest absolute Gasteiger partial charge is 0.253 e. The summed E-state index contributed by atoms with van der Waals surface area (Å²) in [6, 6.07) is 13.0. The first-order valence-electron chi connectivity index (χ1n) is 11.4. The van der Waals surface area contributed by atoms with Crippen LogP contribution in [0.25, 0.3) is 0 Å². The van der Waals surface area contributed by atoms with Gasteiger partial charge in [-0.05, 0) is 50.5 Å². The van der Waals surface area contributed by atoms with E-state index in [4.69, 9.17) is 4.74 Å². The molecule has 2 aromatic rings. The van der Waals surface area contributed by atoms with Crippen molar-refractivity contribution in [2.45, 2.75) is 37.6 Å². The van der Waals surface area contributed by atoms with Crippen molar-refractivity contribution in [2.24, 2.45) is 0 Å². The zero-order valence-electron chi connectivity index (χ0n) is 18.8. The summed E-state index contributed by atoms with van der Waals surface area (Å²) in [5.41, 5.74) is 2.06. The van der Waals surface area contributed by atoms with E-state index in [-0.39, 0.29) is 30.0 Å². The van der Waals surface area contributed by atoms with E-state index in [1.165, 1.54) is 16.7 Å². The van der Waals surface area contributed by atoms with Crippen molar-refractivity contribution in [3.8, 4) is 5.75 Å². The maximum absolute atomic E-state index is 13.0. The van der Waals surface area contributed by atoms with E-state index in [1.807, 2.05) is 48.2 Å². The number of nitrogens with zero attached hydrogens (tertiary/aromatic N) is 2. The van der Waals surface area contributed by atoms with Gasteiger partial charge in [0.1, 0.15) is 12.3 Å². The molecule has 0 aliphatic carbocycles. The number of para-hydroxylation sites is 1. The molecule has 2 aromatic carbocycles. The summed E-state index contributed by atoms with van der Waals surface area (Å²) in [4.78, 5) is 42.7. The molecule has 2 heterocycles. The molecule has 2 aliphatic rings. The maximum atomic E-state index is 13.0. The van der Waals surface area contributed by atoms with Crippen molar-refractivity contribution >= 4 is 35.2 Å². The Morgan fingerprint density at radius 1 is 1.09 bits per heavy atom. The van der Waals surface area contributed by atoms with Gasteiger partial charge in [0.05, 0.1) is 18.0 Å². The fourth-order valence-electron chi connectivity index (χ4n) is 4.13. The van der Waals surface area contributed by atoms with E-state index in [9.17, 15) is 14.4 Å². The van der Waals surface area contributed by atoms with E-state index < -0.39 is 0 Å². The standard InChI is InChI=1S/C25H29N3O4S/c1-2-32-21-9-5-4-8-19(21)15-26-23(29)16-28-20-14-18(10-11-22(20)33-17-24(28)30)25(31)27-12-6-3-7-13-27/h4-5,8-11,14H,2-3,6-7,12-13,15-17H2,1H3,(H,26,29). The third-order valence-electron chi connectivity index (χ3n) is 5.84. The predicted molar refractivity (Wildman–Crippen MR) is 129 cm³/mol. The van der Waals surface area contributed by atoms with Crippen molar-refractivity contribution in [1.82, 2.24) is 10.2 Å². The van der Waals surface area contributed by atoms with Gasteiger partial charge in [0.2, 0.25) is 11.8 Å². The van der Waals surface area contributed by atoms with Gasteiger partial charge in [0, 0.05) is 35.7 Å². The lowest BCUT2D eigenvalue weighted by Crippen LogP contribution is -2.43. The van der Waals surface area contributed by atoms with Gasteiger partial charge in [-0.1, -0.05) is 18.2 Å². The van der Waals surface area contributed by atoms with Gasteiger partial charge in [-0.3, -0.25) is 14.4 Å². The van der Waals surface area contributed by atoms with Crippen molar-refractivity contribution in [2.75, 3.05) is 36.9 Å². The van der Waals surface area contributed by atoms with Crippen molar-refractivity contribution in [1.29, 1.82) is 0 Å². The van der Waals surface area contributed by atoms with Crippen LogP contribution in [0.4, 0.5) is 5.69 Å². The number of anilines is 1. The average Bonchev–Trinajstić information content (AvgIpc) is 2.85. The number of nitrogens with one attached hydrogen (secondary N) is 1. The van der Waals surface area contributed by atoms with E-state index in [0.717, 1.165) is 48.6 Å². The molecule has 3 amide bonds. The van der Waals surface area contributed by atoms with Crippen LogP contribution in [-0.2, 0) is 16.1 Å². The molecule has 33 heavy (non-hydrogen) atoms. The Kier molecular flexibility index (Phi) is 7.54. The molecule has 4 rings (SSSR count). The maximum Gasteiger partial charge on any atom is 0.253 e. The second-order valence-electron chi connectivity index (χ2n) is 8.12. The van der Waals surface area contributed by atoms with Crippen LogP contribution in [0.5, 0.6) is 5.75 Å². The minimum atomic E-state index is -0.264. The summed E-state index contributed by atoms with van der Waals surface area (Å²) in [5, 5.41) is 2.89. The van der Waals surface area contributed by atoms with Gasteiger partial charge in [-0.15, -0.1) is 11.8 Å². The van der Waals surface area contributed by atoms with Gasteiger partial charge in [0.25, 0.3) is 5.91 Å². The lowest BCUT2D eigenvalue weighted by atomic mass is 10.1. The highest BCUT2D eigenvalue weighted by Crippen LogP contribution is 2.36. The largest absolute Gasteiger partial charge is 0.494 e. The number of carbonyl (C=O) groups excluding carboxylic acids is 3. The normalized spacial score (nSPS) is 15.7. The molecular formula is C25H29N3O4S. The first-order chi connectivity index (χ1) is 16.1. The first-order valence-corrected chi connectivity index (χ1v) is 12.4. The molecule has 8 heteroatoms. The summed E-state index contributed by atoms with van der Waals surface area (Å²) in [7, 11) is 0. The number of rotatable bonds is 7. The van der Waals surface area contributed by atoms with Gasteiger partial charge >= 0.3 is 0 Å². The Labute approximate surface area is 198 Å². The Bertz CT molecular complexity index is 1040. The minimum Gasteiger partial charge on any atom is -0.494 e. The average molecular weight is 468 g/mol. The zero-order chi connectivity index (χ0) is 23.2. The minimum absolute atomic E-state index is 0.0162. The van der Waals surface area contributed by atoms with E-state index >= 15 is 0 Å². The Hall–Kier alpha value is -3.00. The Balaban J connectivity index is 1.46. The summed E-state index contributed by atoms with van der Waals surface area (Å²) < 4.78 is 5.61. The number of carbonyl (C=O) groups is 3. The molecule has 1 saturated heterocycles. The third kappa shape index (κ3) is 5.50. The van der Waals surface area contributed by atoms with Crippen LogP contribution < -0.4 is 15.0 Å². The number of benzene rings is 2. The highest BCUT2D eigenvalue weighted by Gasteiger charge is 2.28. The molecule has 2 aliphatic heterocycles. The lowest BCUT2D eigenvalue weighted by molar-refractivity contribution is -0.123. The topological polar surface area (TPSA) is 79.0 Å². The fourth-order valence-corrected chi connectivity index (χ4v) is 5.04. The van der Waals surface area contributed by atoms with E-state index in [2.05, 4.69) is 5.32 Å². The number of ether oxygens (including phenoxy) is 1. The van der Waals surface area contributed by atoms with Gasteiger partial charge in [0.15, 0.2) is 0 Å². The molecule has 1 N–H and O–H groups in total. The number of fused-ring (bicyclic) bond motifs is 1. The number of thioether (sulfide) groups is 1. The van der Waals surface area contributed by atoms with Crippen LogP contribution in [-0.4, -0.2) is 54.6 Å².